The molecule has 29 heavy (non-hydrogen) atoms. The van der Waals surface area contributed by atoms with E-state index in [9.17, 15) is 9.59 Å². The van der Waals surface area contributed by atoms with E-state index in [1.54, 1.807) is 29.9 Å². The first kappa shape index (κ1) is 18.5. The summed E-state index contributed by atoms with van der Waals surface area (Å²) in [5.74, 6) is -0.785. The van der Waals surface area contributed by atoms with Crippen molar-refractivity contribution in [3.05, 3.63) is 65.6 Å². The number of aromatic amines is 1. The highest BCUT2D eigenvalue weighted by atomic mass is 32.1. The highest BCUT2D eigenvalue weighted by molar-refractivity contribution is 7.14. The molecule has 0 atom stereocenters. The molecule has 0 bridgehead atoms. The fourth-order valence-corrected chi connectivity index (χ4v) is 3.32. The average Bonchev–Trinajstić information content (AvgIpc) is 3.41. The third-order valence-electron chi connectivity index (χ3n) is 3.99. The van der Waals surface area contributed by atoms with E-state index in [1.807, 2.05) is 24.3 Å². The molecule has 8 nitrogen and oxygen atoms in total. The van der Waals surface area contributed by atoms with Gasteiger partial charge in [-0.2, -0.15) is 0 Å². The summed E-state index contributed by atoms with van der Waals surface area (Å²) in [7, 11) is 1.32. The molecule has 0 fully saturated rings. The predicted molar refractivity (Wildman–Crippen MR) is 110 cm³/mol. The standard InChI is InChI=1S/C20H15N5O3S/c1-28-19(27)16-8-12(9-21-16)17-11-29-20(24-17)25-18(26)7-6-13-10-22-14-4-2-3-5-15(14)23-13/h2-11,21H,1H3,(H,24,25,26)/b7-6+. The molecule has 0 unspecified atom stereocenters. The van der Waals surface area contributed by atoms with Crippen molar-refractivity contribution in [2.75, 3.05) is 12.4 Å². The average molecular weight is 405 g/mol. The Kier molecular flexibility index (Phi) is 5.12. The van der Waals surface area contributed by atoms with Crippen LogP contribution in [0.15, 0.2) is 54.2 Å². The Morgan fingerprint density at radius 2 is 2.03 bits per heavy atom. The van der Waals surface area contributed by atoms with Gasteiger partial charge in [0.05, 0.1) is 35.7 Å². The number of carbonyl (C=O) groups is 2. The topological polar surface area (TPSA) is 110 Å². The van der Waals surface area contributed by atoms with E-state index < -0.39 is 5.97 Å². The number of amides is 1. The SMILES string of the molecule is COC(=O)c1cc(-c2csc(NC(=O)/C=C/c3cnc4ccccc4n3)n2)c[nH]1. The number of nitrogens with one attached hydrogen (secondary N) is 2. The summed E-state index contributed by atoms with van der Waals surface area (Å²) >= 11 is 1.28. The van der Waals surface area contributed by atoms with Crippen LogP contribution in [0.4, 0.5) is 5.13 Å². The summed E-state index contributed by atoms with van der Waals surface area (Å²) in [5.41, 5.74) is 3.84. The molecule has 0 aliphatic carbocycles. The Labute approximate surface area is 169 Å². The fourth-order valence-electron chi connectivity index (χ4n) is 2.59. The van der Waals surface area contributed by atoms with Crippen LogP contribution in [-0.2, 0) is 9.53 Å². The zero-order valence-corrected chi connectivity index (χ0v) is 16.1. The van der Waals surface area contributed by atoms with Crippen molar-refractivity contribution in [1.29, 1.82) is 0 Å². The second-order valence-corrected chi connectivity index (χ2v) is 6.80. The van der Waals surface area contributed by atoms with Gasteiger partial charge in [-0.25, -0.2) is 14.8 Å². The summed E-state index contributed by atoms with van der Waals surface area (Å²) in [4.78, 5) is 39.7. The molecule has 0 saturated heterocycles. The molecule has 0 radical (unpaired) electrons. The number of benzene rings is 1. The summed E-state index contributed by atoms with van der Waals surface area (Å²) in [5, 5.41) is 4.95. The van der Waals surface area contributed by atoms with Crippen LogP contribution in [0, 0.1) is 0 Å². The van der Waals surface area contributed by atoms with Gasteiger partial charge in [0.15, 0.2) is 5.13 Å². The van der Waals surface area contributed by atoms with Crippen molar-refractivity contribution in [3.63, 3.8) is 0 Å². The summed E-state index contributed by atoms with van der Waals surface area (Å²) < 4.78 is 4.67. The van der Waals surface area contributed by atoms with Gasteiger partial charge >= 0.3 is 5.97 Å². The van der Waals surface area contributed by atoms with Crippen LogP contribution in [0.5, 0.6) is 0 Å². The monoisotopic (exact) mass is 405 g/mol. The minimum atomic E-state index is -0.457. The van der Waals surface area contributed by atoms with E-state index in [1.165, 1.54) is 24.5 Å². The summed E-state index contributed by atoms with van der Waals surface area (Å²) in [6, 6.07) is 9.16. The predicted octanol–water partition coefficient (Wildman–Crippen LogP) is 3.52. The van der Waals surface area contributed by atoms with Gasteiger partial charge in [0.1, 0.15) is 5.69 Å². The van der Waals surface area contributed by atoms with Gasteiger partial charge < -0.3 is 9.72 Å². The third kappa shape index (κ3) is 4.19. The smallest absolute Gasteiger partial charge is 0.354 e. The second-order valence-electron chi connectivity index (χ2n) is 5.94. The molecule has 4 rings (SSSR count). The van der Waals surface area contributed by atoms with Crippen LogP contribution in [-0.4, -0.2) is 38.9 Å². The first-order valence-electron chi connectivity index (χ1n) is 8.56. The molecule has 1 aromatic carbocycles. The lowest BCUT2D eigenvalue weighted by Gasteiger charge is -1.98. The van der Waals surface area contributed by atoms with E-state index in [0.717, 1.165) is 16.6 Å². The second kappa shape index (κ2) is 8.03. The zero-order valence-electron chi connectivity index (χ0n) is 15.2. The molecule has 4 aromatic rings. The van der Waals surface area contributed by atoms with Crippen molar-refractivity contribution in [2.45, 2.75) is 0 Å². The number of rotatable bonds is 5. The Bertz CT molecular complexity index is 1230. The van der Waals surface area contributed by atoms with Crippen LogP contribution < -0.4 is 5.32 Å². The van der Waals surface area contributed by atoms with Gasteiger partial charge in [0.25, 0.3) is 0 Å². The van der Waals surface area contributed by atoms with E-state index in [0.29, 0.717) is 22.2 Å². The normalized spacial score (nSPS) is 11.1. The quantitative estimate of drug-likeness (QED) is 0.388. The first-order valence-corrected chi connectivity index (χ1v) is 9.44. The molecule has 144 valence electrons. The van der Waals surface area contributed by atoms with Crippen molar-refractivity contribution in [2.24, 2.45) is 0 Å². The fraction of sp³-hybridized carbons (Fsp3) is 0.0500. The largest absolute Gasteiger partial charge is 0.464 e. The molecule has 0 aliphatic heterocycles. The van der Waals surface area contributed by atoms with E-state index in [2.05, 4.69) is 30.0 Å². The Morgan fingerprint density at radius 1 is 1.21 bits per heavy atom. The van der Waals surface area contributed by atoms with E-state index >= 15 is 0 Å². The Balaban J connectivity index is 1.42. The highest BCUT2D eigenvalue weighted by Gasteiger charge is 2.12. The van der Waals surface area contributed by atoms with Crippen LogP contribution in [0.25, 0.3) is 28.4 Å². The number of aromatic nitrogens is 4. The number of anilines is 1. The number of hydrogen-bond acceptors (Lipinski definition) is 7. The number of esters is 1. The number of carbonyl (C=O) groups excluding carboxylic acids is 2. The van der Waals surface area contributed by atoms with Crippen molar-refractivity contribution < 1.29 is 14.3 Å². The molecular weight excluding hydrogens is 390 g/mol. The van der Waals surface area contributed by atoms with Crippen molar-refractivity contribution in [1.82, 2.24) is 19.9 Å². The number of methoxy groups -OCH3 is 1. The molecule has 2 N–H and O–H groups in total. The lowest BCUT2D eigenvalue weighted by Crippen LogP contribution is -2.07. The number of H-pyrrole nitrogens is 1. The molecule has 0 aliphatic rings. The van der Waals surface area contributed by atoms with Gasteiger partial charge in [-0.05, 0) is 24.3 Å². The van der Waals surface area contributed by atoms with E-state index in [-0.39, 0.29) is 5.91 Å². The Hall–Kier alpha value is -3.85. The third-order valence-corrected chi connectivity index (χ3v) is 4.75. The van der Waals surface area contributed by atoms with Crippen LogP contribution in [0.1, 0.15) is 16.2 Å². The lowest BCUT2D eigenvalue weighted by molar-refractivity contribution is -0.111. The molecular formula is C20H15N5O3S. The summed E-state index contributed by atoms with van der Waals surface area (Å²) in [6.07, 6.45) is 6.24. The molecule has 3 heterocycles. The molecule has 1 amide bonds. The zero-order chi connectivity index (χ0) is 20.2. The number of ether oxygens (including phenoxy) is 1. The molecule has 9 heteroatoms. The van der Waals surface area contributed by atoms with Gasteiger partial charge in [-0.1, -0.05) is 12.1 Å². The number of hydrogen-bond donors (Lipinski definition) is 2. The number of para-hydroxylation sites is 2. The maximum Gasteiger partial charge on any atom is 0.354 e. The van der Waals surface area contributed by atoms with Gasteiger partial charge in [-0.15, -0.1) is 11.3 Å². The van der Waals surface area contributed by atoms with Gasteiger partial charge in [0.2, 0.25) is 5.91 Å². The maximum atomic E-state index is 12.2. The lowest BCUT2D eigenvalue weighted by atomic mass is 10.2. The number of thiazole rings is 1. The van der Waals surface area contributed by atoms with Crippen LogP contribution in [0.3, 0.4) is 0 Å². The minimum Gasteiger partial charge on any atom is -0.464 e. The highest BCUT2D eigenvalue weighted by Crippen LogP contribution is 2.25. The van der Waals surface area contributed by atoms with Crippen molar-refractivity contribution >= 4 is 45.5 Å². The summed E-state index contributed by atoms with van der Waals surface area (Å²) in [6.45, 7) is 0. The number of fused-ring (bicyclic) bond motifs is 1. The Morgan fingerprint density at radius 3 is 2.86 bits per heavy atom. The number of nitrogens with zero attached hydrogens (tertiary/aromatic N) is 3. The molecule has 3 aromatic heterocycles. The van der Waals surface area contributed by atoms with Gasteiger partial charge in [0, 0.05) is 23.2 Å². The molecule has 0 spiro atoms. The van der Waals surface area contributed by atoms with Crippen molar-refractivity contribution in [3.8, 4) is 11.3 Å². The van der Waals surface area contributed by atoms with E-state index in [4.69, 9.17) is 0 Å². The maximum absolute atomic E-state index is 12.2. The first-order chi connectivity index (χ1) is 14.1. The van der Waals surface area contributed by atoms with Crippen LogP contribution >= 0.6 is 11.3 Å². The minimum absolute atomic E-state index is 0.329. The van der Waals surface area contributed by atoms with Gasteiger partial charge in [-0.3, -0.25) is 15.1 Å². The molecule has 0 saturated carbocycles. The van der Waals surface area contributed by atoms with Crippen LogP contribution in [0.2, 0.25) is 0 Å².